The van der Waals surface area contributed by atoms with Crippen LogP contribution in [0.25, 0.3) is 0 Å². The lowest BCUT2D eigenvalue weighted by atomic mass is 9.90. The zero-order valence-corrected chi connectivity index (χ0v) is 13.2. The minimum Gasteiger partial charge on any atom is -0.494 e. The predicted octanol–water partition coefficient (Wildman–Crippen LogP) is 2.94. The monoisotopic (exact) mass is 331 g/mol. The number of benzene rings is 1. The van der Waals surface area contributed by atoms with Crippen LogP contribution in [-0.2, 0) is 4.79 Å². The first-order valence-electron chi connectivity index (χ1n) is 6.34. The molecule has 1 aromatic carbocycles. The van der Waals surface area contributed by atoms with Gasteiger partial charge in [0.2, 0.25) is 0 Å². The highest BCUT2D eigenvalue weighted by Gasteiger charge is 2.42. The first-order valence-corrected chi connectivity index (χ1v) is 7.10. The summed E-state index contributed by atoms with van der Waals surface area (Å²) in [6, 6.07) is 2.95. The molecule has 1 fully saturated rings. The van der Waals surface area contributed by atoms with Crippen LogP contribution in [0.3, 0.4) is 0 Å². The number of nitrogens with zero attached hydrogens (tertiary/aromatic N) is 1. The van der Waals surface area contributed by atoms with Gasteiger partial charge in [-0.15, -0.1) is 0 Å². The van der Waals surface area contributed by atoms with Crippen molar-refractivity contribution in [1.82, 2.24) is 4.90 Å². The van der Waals surface area contributed by atoms with Gasteiger partial charge in [-0.1, -0.05) is 23.2 Å². The van der Waals surface area contributed by atoms with Crippen LogP contribution in [0.1, 0.15) is 23.7 Å². The summed E-state index contributed by atoms with van der Waals surface area (Å²) in [6.45, 7) is 2.20. The van der Waals surface area contributed by atoms with Crippen LogP contribution in [0.5, 0.6) is 5.75 Å². The summed E-state index contributed by atoms with van der Waals surface area (Å²) in [5.74, 6) is -0.873. The molecule has 0 bridgehead atoms. The lowest BCUT2D eigenvalue weighted by molar-refractivity contribution is -0.147. The lowest BCUT2D eigenvalue weighted by Gasteiger charge is -2.20. The number of hydrogen-bond acceptors (Lipinski definition) is 3. The summed E-state index contributed by atoms with van der Waals surface area (Å²) in [6.07, 6.45) is 0.422. The molecule has 5 nitrogen and oxygen atoms in total. The minimum atomic E-state index is -0.907. The van der Waals surface area contributed by atoms with E-state index in [0.29, 0.717) is 24.3 Å². The van der Waals surface area contributed by atoms with Crippen molar-refractivity contribution in [3.05, 3.63) is 27.7 Å². The van der Waals surface area contributed by atoms with Crippen LogP contribution in [0.15, 0.2) is 12.1 Å². The van der Waals surface area contributed by atoms with Gasteiger partial charge in [0.15, 0.2) is 5.75 Å². The molecule has 2 rings (SSSR count). The number of carboxylic acid groups (broad SMARTS) is 1. The summed E-state index contributed by atoms with van der Waals surface area (Å²) in [4.78, 5) is 25.2. The molecule has 1 aliphatic rings. The third-order valence-corrected chi connectivity index (χ3v) is 4.29. The van der Waals surface area contributed by atoms with Crippen LogP contribution in [0, 0.1) is 5.41 Å². The van der Waals surface area contributed by atoms with Crippen LogP contribution >= 0.6 is 23.2 Å². The molecule has 1 saturated heterocycles. The Kier molecular flexibility index (Phi) is 4.35. The Hall–Kier alpha value is -1.46. The van der Waals surface area contributed by atoms with Gasteiger partial charge < -0.3 is 14.7 Å². The van der Waals surface area contributed by atoms with Crippen LogP contribution in [-0.4, -0.2) is 42.1 Å². The van der Waals surface area contributed by atoms with Gasteiger partial charge in [0, 0.05) is 18.7 Å². The molecule has 1 aromatic rings. The number of aliphatic carboxylic acids is 1. The van der Waals surface area contributed by atoms with Gasteiger partial charge in [-0.3, -0.25) is 9.59 Å². The minimum absolute atomic E-state index is 0.169. The molecule has 1 atom stereocenters. The van der Waals surface area contributed by atoms with Crippen molar-refractivity contribution in [2.45, 2.75) is 13.3 Å². The van der Waals surface area contributed by atoms with E-state index < -0.39 is 11.4 Å². The fraction of sp³-hybridized carbons (Fsp3) is 0.429. The second-order valence-corrected chi connectivity index (χ2v) is 6.13. The van der Waals surface area contributed by atoms with E-state index in [0.717, 1.165) is 0 Å². The van der Waals surface area contributed by atoms with E-state index >= 15 is 0 Å². The fourth-order valence-corrected chi connectivity index (χ4v) is 3.01. The number of rotatable bonds is 3. The molecule has 0 spiro atoms. The molecule has 0 aliphatic carbocycles. The molecule has 1 amide bonds. The zero-order valence-electron chi connectivity index (χ0n) is 11.7. The molecular weight excluding hydrogens is 317 g/mol. The highest BCUT2D eigenvalue weighted by Crippen LogP contribution is 2.36. The SMILES string of the molecule is COc1c(Cl)cc(C(=O)N2CC[C@](C)(C(=O)O)C2)cc1Cl. The molecule has 114 valence electrons. The lowest BCUT2D eigenvalue weighted by Crippen LogP contribution is -2.34. The van der Waals surface area contributed by atoms with Crippen molar-refractivity contribution in [2.75, 3.05) is 20.2 Å². The molecule has 1 aliphatic heterocycles. The number of amides is 1. The maximum Gasteiger partial charge on any atom is 0.311 e. The van der Waals surface area contributed by atoms with Crippen molar-refractivity contribution in [2.24, 2.45) is 5.41 Å². The van der Waals surface area contributed by atoms with Crippen molar-refractivity contribution in [3.63, 3.8) is 0 Å². The van der Waals surface area contributed by atoms with Crippen LogP contribution in [0.4, 0.5) is 0 Å². The quantitative estimate of drug-likeness (QED) is 0.924. The van der Waals surface area contributed by atoms with E-state index in [-0.39, 0.29) is 22.5 Å². The Morgan fingerprint density at radius 1 is 1.33 bits per heavy atom. The Balaban J connectivity index is 2.24. The van der Waals surface area contributed by atoms with E-state index in [1.807, 2.05) is 0 Å². The molecule has 0 unspecified atom stereocenters. The first-order chi connectivity index (χ1) is 9.78. The van der Waals surface area contributed by atoms with Gasteiger partial charge in [-0.25, -0.2) is 0 Å². The average molecular weight is 332 g/mol. The topological polar surface area (TPSA) is 66.8 Å². The normalized spacial score (nSPS) is 21.4. The summed E-state index contributed by atoms with van der Waals surface area (Å²) in [7, 11) is 1.44. The number of ether oxygens (including phenoxy) is 1. The van der Waals surface area contributed by atoms with Gasteiger partial charge in [-0.2, -0.15) is 0 Å². The Bertz CT molecular complexity index is 582. The number of likely N-dealkylation sites (tertiary alicyclic amines) is 1. The smallest absolute Gasteiger partial charge is 0.311 e. The molecule has 7 heteroatoms. The van der Waals surface area contributed by atoms with Gasteiger partial charge in [0.05, 0.1) is 22.6 Å². The van der Waals surface area contributed by atoms with Crippen molar-refractivity contribution >= 4 is 35.1 Å². The number of methoxy groups -OCH3 is 1. The highest BCUT2D eigenvalue weighted by atomic mass is 35.5. The average Bonchev–Trinajstić information content (AvgIpc) is 2.81. The predicted molar refractivity (Wildman–Crippen MR) is 79.3 cm³/mol. The van der Waals surface area contributed by atoms with Gasteiger partial charge >= 0.3 is 5.97 Å². The molecule has 21 heavy (non-hydrogen) atoms. The van der Waals surface area contributed by atoms with E-state index in [1.165, 1.54) is 24.1 Å². The maximum atomic E-state index is 12.4. The number of carbonyl (C=O) groups excluding carboxylic acids is 1. The fourth-order valence-electron chi connectivity index (χ4n) is 2.37. The standard InChI is InChI=1S/C14H15Cl2NO4/c1-14(13(19)20)3-4-17(7-14)12(18)8-5-9(15)11(21-2)10(16)6-8/h5-6H,3-4,7H2,1-2H3,(H,19,20)/t14-/m0/s1. The van der Waals surface area contributed by atoms with E-state index in [9.17, 15) is 14.7 Å². The van der Waals surface area contributed by atoms with Crippen molar-refractivity contribution < 1.29 is 19.4 Å². The number of hydrogen-bond donors (Lipinski definition) is 1. The van der Waals surface area contributed by atoms with Crippen molar-refractivity contribution in [3.8, 4) is 5.75 Å². The largest absolute Gasteiger partial charge is 0.494 e. The zero-order chi connectivity index (χ0) is 15.8. The molecule has 1 heterocycles. The van der Waals surface area contributed by atoms with Gasteiger partial charge in [0.25, 0.3) is 5.91 Å². The van der Waals surface area contributed by atoms with Gasteiger partial charge in [-0.05, 0) is 25.5 Å². The molecule has 1 N–H and O–H groups in total. The molecule has 0 radical (unpaired) electrons. The third kappa shape index (κ3) is 2.94. The Morgan fingerprint density at radius 3 is 2.33 bits per heavy atom. The number of halogens is 2. The summed E-state index contributed by atoms with van der Waals surface area (Å²) in [5, 5.41) is 9.69. The van der Waals surface area contributed by atoms with Crippen LogP contribution in [0.2, 0.25) is 10.0 Å². The summed E-state index contributed by atoms with van der Waals surface area (Å²) in [5.41, 5.74) is -0.587. The summed E-state index contributed by atoms with van der Waals surface area (Å²) >= 11 is 12.0. The molecule has 0 saturated carbocycles. The molecular formula is C14H15Cl2NO4. The first kappa shape index (κ1) is 15.9. The van der Waals surface area contributed by atoms with E-state index in [4.69, 9.17) is 27.9 Å². The maximum absolute atomic E-state index is 12.4. The van der Waals surface area contributed by atoms with Crippen LogP contribution < -0.4 is 4.74 Å². The Morgan fingerprint density at radius 2 is 1.90 bits per heavy atom. The van der Waals surface area contributed by atoms with E-state index in [1.54, 1.807) is 6.92 Å². The Labute approximate surface area is 132 Å². The van der Waals surface area contributed by atoms with Gasteiger partial charge in [0.1, 0.15) is 0 Å². The number of carboxylic acids is 1. The molecule has 0 aromatic heterocycles. The van der Waals surface area contributed by atoms with Crippen molar-refractivity contribution in [1.29, 1.82) is 0 Å². The second-order valence-electron chi connectivity index (χ2n) is 5.32. The number of carbonyl (C=O) groups is 2. The second kappa shape index (κ2) is 5.73. The summed E-state index contributed by atoms with van der Waals surface area (Å²) < 4.78 is 5.03. The third-order valence-electron chi connectivity index (χ3n) is 3.73. The highest BCUT2D eigenvalue weighted by molar-refractivity contribution is 6.37. The van der Waals surface area contributed by atoms with E-state index in [2.05, 4.69) is 0 Å².